The molecule has 0 bridgehead atoms. The number of anilines is 1. The fraction of sp³-hybridized carbons (Fsp3) is 0.500. The lowest BCUT2D eigenvalue weighted by atomic mass is 9.90. The molecular weight excluding hydrogens is 209 g/mol. The lowest BCUT2D eigenvalue weighted by molar-refractivity contribution is 0.0380. The van der Waals surface area contributed by atoms with Gasteiger partial charge < -0.3 is 15.2 Å². The zero-order valence-electron chi connectivity index (χ0n) is 9.08. The molecule has 88 valence electrons. The van der Waals surface area contributed by atoms with Crippen molar-refractivity contribution < 1.29 is 14.2 Å². The molecule has 0 atom stereocenters. The van der Waals surface area contributed by atoms with Gasteiger partial charge in [0.1, 0.15) is 5.82 Å². The highest BCUT2D eigenvalue weighted by Gasteiger charge is 2.31. The molecule has 0 aliphatic carbocycles. The van der Waals surface area contributed by atoms with Crippen LogP contribution in [0.5, 0.6) is 0 Å². The summed E-state index contributed by atoms with van der Waals surface area (Å²) in [7, 11) is 0. The Labute approximate surface area is 94.2 Å². The van der Waals surface area contributed by atoms with E-state index in [0.717, 1.165) is 18.5 Å². The Kier molecular flexibility index (Phi) is 3.41. The third kappa shape index (κ3) is 2.51. The first-order valence-corrected chi connectivity index (χ1v) is 5.46. The number of nitrogens with one attached hydrogen (secondary N) is 1. The Morgan fingerprint density at radius 3 is 2.44 bits per heavy atom. The highest BCUT2D eigenvalue weighted by molar-refractivity contribution is 5.45. The Hall–Kier alpha value is -1.13. The van der Waals surface area contributed by atoms with Crippen LogP contribution in [0.2, 0.25) is 0 Å². The molecule has 3 nitrogen and oxygen atoms in total. The minimum atomic E-state index is -0.323. The second-order valence-electron chi connectivity index (χ2n) is 4.18. The van der Waals surface area contributed by atoms with Gasteiger partial charge in [0.25, 0.3) is 0 Å². The fourth-order valence-corrected chi connectivity index (χ4v) is 1.92. The Morgan fingerprint density at radius 1 is 1.25 bits per heavy atom. The number of rotatable bonds is 3. The molecular formula is C12H16FNO2. The normalized spacial score (nSPS) is 19.4. The van der Waals surface area contributed by atoms with Crippen molar-refractivity contribution in [2.45, 2.75) is 18.4 Å². The molecule has 1 fully saturated rings. The van der Waals surface area contributed by atoms with Crippen LogP contribution < -0.4 is 5.32 Å². The van der Waals surface area contributed by atoms with Crippen LogP contribution in [0, 0.1) is 5.82 Å². The van der Waals surface area contributed by atoms with Crippen LogP contribution in [0.1, 0.15) is 12.8 Å². The number of aliphatic hydroxyl groups excluding tert-OH is 1. The van der Waals surface area contributed by atoms with Gasteiger partial charge in [-0.2, -0.15) is 0 Å². The van der Waals surface area contributed by atoms with Crippen molar-refractivity contribution in [3.63, 3.8) is 0 Å². The average molecular weight is 225 g/mol. The predicted octanol–water partition coefficient (Wildman–Crippen LogP) is 1.78. The van der Waals surface area contributed by atoms with Crippen LogP contribution in [-0.4, -0.2) is 30.5 Å². The van der Waals surface area contributed by atoms with Gasteiger partial charge in [-0.1, -0.05) is 0 Å². The third-order valence-corrected chi connectivity index (χ3v) is 3.01. The van der Waals surface area contributed by atoms with Gasteiger partial charge in [0, 0.05) is 18.9 Å². The van der Waals surface area contributed by atoms with Crippen LogP contribution in [0.15, 0.2) is 24.3 Å². The molecule has 1 saturated heterocycles. The molecule has 1 aliphatic rings. The molecule has 0 aromatic heterocycles. The van der Waals surface area contributed by atoms with E-state index in [1.807, 2.05) is 0 Å². The number of benzene rings is 1. The van der Waals surface area contributed by atoms with E-state index in [1.165, 1.54) is 12.1 Å². The van der Waals surface area contributed by atoms with Crippen LogP contribution in [0.25, 0.3) is 0 Å². The topological polar surface area (TPSA) is 41.5 Å². The molecule has 1 aromatic rings. The Balaban J connectivity index is 2.08. The summed E-state index contributed by atoms with van der Waals surface area (Å²) in [6.07, 6.45) is 1.53. The molecule has 4 heteroatoms. The molecule has 2 N–H and O–H groups in total. The van der Waals surface area contributed by atoms with Crippen LogP contribution in [0.4, 0.5) is 10.1 Å². The maximum atomic E-state index is 12.7. The van der Waals surface area contributed by atoms with E-state index >= 15 is 0 Å². The molecule has 2 rings (SSSR count). The molecule has 0 radical (unpaired) electrons. The molecule has 0 spiro atoms. The zero-order valence-corrected chi connectivity index (χ0v) is 9.08. The van der Waals surface area contributed by atoms with Gasteiger partial charge in [-0.15, -0.1) is 0 Å². The Bertz CT molecular complexity index is 333. The van der Waals surface area contributed by atoms with Crippen LogP contribution in [-0.2, 0) is 4.74 Å². The van der Waals surface area contributed by atoms with Crippen LogP contribution in [0.3, 0.4) is 0 Å². The van der Waals surface area contributed by atoms with Gasteiger partial charge in [0.2, 0.25) is 0 Å². The highest BCUT2D eigenvalue weighted by atomic mass is 19.1. The molecule has 0 unspecified atom stereocenters. The minimum absolute atomic E-state index is 0.0632. The number of aliphatic hydroxyl groups is 1. The van der Waals surface area contributed by atoms with E-state index in [4.69, 9.17) is 4.74 Å². The largest absolute Gasteiger partial charge is 0.394 e. The van der Waals surface area contributed by atoms with Crippen molar-refractivity contribution >= 4 is 5.69 Å². The van der Waals surface area contributed by atoms with Crippen molar-refractivity contribution in [2.75, 3.05) is 25.1 Å². The summed E-state index contributed by atoms with van der Waals surface area (Å²) in [5, 5.41) is 12.7. The zero-order chi connectivity index (χ0) is 11.4. The van der Waals surface area contributed by atoms with E-state index in [0.29, 0.717) is 13.2 Å². The quantitative estimate of drug-likeness (QED) is 0.824. The lowest BCUT2D eigenvalue weighted by Crippen LogP contribution is -2.46. The number of hydrogen-bond acceptors (Lipinski definition) is 3. The standard InChI is InChI=1S/C12H16FNO2/c13-10-1-3-11(4-2-10)14-12(9-15)5-7-16-8-6-12/h1-4,14-15H,5-9H2. The monoisotopic (exact) mass is 225 g/mol. The van der Waals surface area contributed by atoms with Gasteiger partial charge in [-0.05, 0) is 37.1 Å². The van der Waals surface area contributed by atoms with Gasteiger partial charge in [0.05, 0.1) is 12.1 Å². The fourth-order valence-electron chi connectivity index (χ4n) is 1.92. The molecule has 1 heterocycles. The average Bonchev–Trinajstić information content (AvgIpc) is 2.33. The highest BCUT2D eigenvalue weighted by Crippen LogP contribution is 2.25. The summed E-state index contributed by atoms with van der Waals surface area (Å²) in [5.74, 6) is -0.254. The van der Waals surface area contributed by atoms with Crippen molar-refractivity contribution in [2.24, 2.45) is 0 Å². The summed E-state index contributed by atoms with van der Waals surface area (Å²) in [6.45, 7) is 1.36. The summed E-state index contributed by atoms with van der Waals surface area (Å²) in [6, 6.07) is 6.18. The summed E-state index contributed by atoms with van der Waals surface area (Å²) >= 11 is 0. The summed E-state index contributed by atoms with van der Waals surface area (Å²) in [4.78, 5) is 0. The first-order valence-electron chi connectivity index (χ1n) is 5.46. The van der Waals surface area contributed by atoms with E-state index < -0.39 is 0 Å². The maximum absolute atomic E-state index is 12.7. The van der Waals surface area contributed by atoms with Gasteiger partial charge >= 0.3 is 0 Å². The van der Waals surface area contributed by atoms with Crippen LogP contribution >= 0.6 is 0 Å². The number of halogens is 1. The number of hydrogen-bond donors (Lipinski definition) is 2. The van der Waals surface area contributed by atoms with E-state index in [1.54, 1.807) is 12.1 Å². The molecule has 1 aliphatic heterocycles. The predicted molar refractivity (Wildman–Crippen MR) is 59.9 cm³/mol. The smallest absolute Gasteiger partial charge is 0.123 e. The minimum Gasteiger partial charge on any atom is -0.394 e. The molecule has 0 saturated carbocycles. The van der Waals surface area contributed by atoms with Crippen molar-refractivity contribution in [3.05, 3.63) is 30.1 Å². The first-order chi connectivity index (χ1) is 7.74. The molecule has 0 amide bonds. The summed E-state index contributed by atoms with van der Waals surface area (Å²) < 4.78 is 18.0. The van der Waals surface area contributed by atoms with E-state index in [9.17, 15) is 9.50 Å². The van der Waals surface area contributed by atoms with Crippen molar-refractivity contribution in [1.82, 2.24) is 0 Å². The third-order valence-electron chi connectivity index (χ3n) is 3.01. The van der Waals surface area contributed by atoms with E-state index in [-0.39, 0.29) is 18.0 Å². The van der Waals surface area contributed by atoms with Crippen molar-refractivity contribution in [3.8, 4) is 0 Å². The van der Waals surface area contributed by atoms with Gasteiger partial charge in [0.15, 0.2) is 0 Å². The van der Waals surface area contributed by atoms with Gasteiger partial charge in [-0.25, -0.2) is 4.39 Å². The lowest BCUT2D eigenvalue weighted by Gasteiger charge is -2.37. The Morgan fingerprint density at radius 2 is 1.88 bits per heavy atom. The first kappa shape index (κ1) is 11.4. The number of ether oxygens (including phenoxy) is 1. The molecule has 16 heavy (non-hydrogen) atoms. The second-order valence-corrected chi connectivity index (χ2v) is 4.18. The molecule has 1 aromatic carbocycles. The SMILES string of the molecule is OCC1(Nc2ccc(F)cc2)CCOCC1. The van der Waals surface area contributed by atoms with Gasteiger partial charge in [-0.3, -0.25) is 0 Å². The second kappa shape index (κ2) is 4.80. The van der Waals surface area contributed by atoms with E-state index in [2.05, 4.69) is 5.32 Å². The van der Waals surface area contributed by atoms with Crippen molar-refractivity contribution in [1.29, 1.82) is 0 Å². The maximum Gasteiger partial charge on any atom is 0.123 e. The summed E-state index contributed by atoms with van der Waals surface area (Å²) in [5.41, 5.74) is 0.508.